The number of Topliss-reactive ketones (excluding diaryl/α,β-unsaturated/α-hetero) is 1. The lowest BCUT2D eigenvalue weighted by atomic mass is 9.99. The van der Waals surface area contributed by atoms with E-state index in [1.807, 2.05) is 60.7 Å². The van der Waals surface area contributed by atoms with E-state index in [1.165, 1.54) is 0 Å². The molecule has 0 bridgehead atoms. The first-order chi connectivity index (χ1) is 10.3. The van der Waals surface area contributed by atoms with Crippen LogP contribution in [0.5, 0.6) is 0 Å². The highest BCUT2D eigenvalue weighted by Gasteiger charge is 2.12. The van der Waals surface area contributed by atoms with E-state index >= 15 is 0 Å². The highest BCUT2D eigenvalue weighted by molar-refractivity contribution is 5.96. The third kappa shape index (κ3) is 5.01. The second-order valence-electron chi connectivity index (χ2n) is 4.99. The number of rotatable bonds is 8. The molecule has 2 aromatic carbocycles. The summed E-state index contributed by atoms with van der Waals surface area (Å²) in [6.07, 6.45) is 2.23. The molecule has 0 fully saturated rings. The molecule has 0 spiro atoms. The highest BCUT2D eigenvalue weighted by Crippen LogP contribution is 2.12. The molecule has 21 heavy (non-hydrogen) atoms. The first kappa shape index (κ1) is 15.2. The lowest BCUT2D eigenvalue weighted by molar-refractivity contribution is 0.0827. The van der Waals surface area contributed by atoms with Gasteiger partial charge in [-0.25, -0.2) is 0 Å². The third-order valence-electron chi connectivity index (χ3n) is 3.32. The Morgan fingerprint density at radius 3 is 2.29 bits per heavy atom. The molecule has 0 amide bonds. The van der Waals surface area contributed by atoms with Gasteiger partial charge in [0.1, 0.15) is 0 Å². The Kier molecular flexibility index (Phi) is 5.92. The van der Waals surface area contributed by atoms with Gasteiger partial charge >= 0.3 is 0 Å². The molecule has 0 heterocycles. The predicted molar refractivity (Wildman–Crippen MR) is 85.2 cm³/mol. The minimum atomic E-state index is 0.0430. The zero-order valence-electron chi connectivity index (χ0n) is 12.1. The lowest BCUT2D eigenvalue weighted by Gasteiger charge is -2.12. The molecule has 0 aliphatic rings. The first-order valence-electron chi connectivity index (χ1n) is 7.12. The standard InChI is InChI=1S/C19H20O2/c1-2-16(13-19(20)18-11-7-4-8-12-18)14-21-15-17-9-5-3-6-10-17/h2-12,16H,1,13-15H2. The van der Waals surface area contributed by atoms with Crippen molar-refractivity contribution < 1.29 is 9.53 Å². The zero-order valence-corrected chi connectivity index (χ0v) is 12.1. The summed E-state index contributed by atoms with van der Waals surface area (Å²) in [6, 6.07) is 19.4. The molecule has 2 rings (SSSR count). The fourth-order valence-corrected chi connectivity index (χ4v) is 2.09. The third-order valence-corrected chi connectivity index (χ3v) is 3.32. The number of benzene rings is 2. The monoisotopic (exact) mass is 280 g/mol. The maximum absolute atomic E-state index is 12.1. The second-order valence-corrected chi connectivity index (χ2v) is 4.99. The van der Waals surface area contributed by atoms with E-state index in [-0.39, 0.29) is 11.7 Å². The van der Waals surface area contributed by atoms with Crippen molar-refractivity contribution in [1.29, 1.82) is 0 Å². The van der Waals surface area contributed by atoms with Crippen LogP contribution in [0, 0.1) is 5.92 Å². The van der Waals surface area contributed by atoms with E-state index in [1.54, 1.807) is 6.08 Å². The van der Waals surface area contributed by atoms with Gasteiger partial charge in [-0.3, -0.25) is 4.79 Å². The summed E-state index contributed by atoms with van der Waals surface area (Å²) in [6.45, 7) is 4.87. The van der Waals surface area contributed by atoms with Crippen LogP contribution in [0.15, 0.2) is 73.3 Å². The Balaban J connectivity index is 1.81. The molecule has 0 radical (unpaired) electrons. The molecule has 1 atom stereocenters. The van der Waals surface area contributed by atoms with Gasteiger partial charge in [0.2, 0.25) is 0 Å². The van der Waals surface area contributed by atoms with Crippen molar-refractivity contribution in [2.75, 3.05) is 6.61 Å². The predicted octanol–water partition coefficient (Wildman–Crippen LogP) is 4.28. The maximum Gasteiger partial charge on any atom is 0.163 e. The van der Waals surface area contributed by atoms with E-state index in [9.17, 15) is 4.79 Å². The number of carbonyl (C=O) groups excluding carboxylic acids is 1. The van der Waals surface area contributed by atoms with E-state index in [4.69, 9.17) is 4.74 Å². The largest absolute Gasteiger partial charge is 0.376 e. The zero-order chi connectivity index (χ0) is 14.9. The van der Waals surface area contributed by atoms with Gasteiger partial charge in [-0.2, -0.15) is 0 Å². The van der Waals surface area contributed by atoms with Crippen LogP contribution in [-0.2, 0) is 11.3 Å². The minimum absolute atomic E-state index is 0.0430. The first-order valence-corrected chi connectivity index (χ1v) is 7.12. The number of carbonyl (C=O) groups is 1. The Morgan fingerprint density at radius 1 is 1.05 bits per heavy atom. The van der Waals surface area contributed by atoms with Crippen LogP contribution >= 0.6 is 0 Å². The van der Waals surface area contributed by atoms with Gasteiger partial charge in [-0.1, -0.05) is 66.7 Å². The van der Waals surface area contributed by atoms with Gasteiger partial charge in [0.25, 0.3) is 0 Å². The van der Waals surface area contributed by atoms with E-state index in [0.29, 0.717) is 19.6 Å². The molecule has 2 aromatic rings. The average molecular weight is 280 g/mol. The van der Waals surface area contributed by atoms with E-state index in [0.717, 1.165) is 11.1 Å². The summed E-state index contributed by atoms with van der Waals surface area (Å²) < 4.78 is 5.69. The van der Waals surface area contributed by atoms with Crippen LogP contribution in [0.1, 0.15) is 22.3 Å². The molecule has 108 valence electrons. The summed E-state index contributed by atoms with van der Waals surface area (Å²) in [4.78, 5) is 12.1. The summed E-state index contributed by atoms with van der Waals surface area (Å²) in [5, 5.41) is 0. The van der Waals surface area contributed by atoms with Crippen molar-refractivity contribution in [1.82, 2.24) is 0 Å². The molecule has 0 N–H and O–H groups in total. The normalized spacial score (nSPS) is 11.8. The van der Waals surface area contributed by atoms with Crippen LogP contribution < -0.4 is 0 Å². The van der Waals surface area contributed by atoms with Crippen molar-refractivity contribution in [3.8, 4) is 0 Å². The molecular weight excluding hydrogens is 260 g/mol. The molecule has 0 saturated carbocycles. The van der Waals surface area contributed by atoms with Crippen molar-refractivity contribution in [3.05, 3.63) is 84.4 Å². The number of ketones is 1. The molecule has 0 aliphatic carbocycles. The Hall–Kier alpha value is -2.19. The molecule has 0 aromatic heterocycles. The summed E-state index contributed by atoms with van der Waals surface area (Å²) >= 11 is 0. The molecule has 1 unspecified atom stereocenters. The van der Waals surface area contributed by atoms with Gasteiger partial charge in [0.05, 0.1) is 13.2 Å². The van der Waals surface area contributed by atoms with Crippen molar-refractivity contribution in [3.63, 3.8) is 0 Å². The van der Waals surface area contributed by atoms with Crippen molar-refractivity contribution in [2.45, 2.75) is 13.0 Å². The van der Waals surface area contributed by atoms with E-state index in [2.05, 4.69) is 6.58 Å². The van der Waals surface area contributed by atoms with Crippen LogP contribution in [-0.4, -0.2) is 12.4 Å². The smallest absolute Gasteiger partial charge is 0.163 e. The molecule has 2 heteroatoms. The number of ether oxygens (including phenoxy) is 1. The summed E-state index contributed by atoms with van der Waals surface area (Å²) in [7, 11) is 0. The van der Waals surface area contributed by atoms with Gasteiger partial charge in [-0.05, 0) is 5.56 Å². The molecule has 2 nitrogen and oxygen atoms in total. The topological polar surface area (TPSA) is 26.3 Å². The molecule has 0 saturated heterocycles. The van der Waals surface area contributed by atoms with Gasteiger partial charge in [-0.15, -0.1) is 6.58 Å². The fourth-order valence-electron chi connectivity index (χ4n) is 2.09. The fraction of sp³-hybridized carbons (Fsp3) is 0.211. The van der Waals surface area contributed by atoms with Gasteiger partial charge < -0.3 is 4.74 Å². The van der Waals surface area contributed by atoms with Crippen LogP contribution in [0.3, 0.4) is 0 Å². The SMILES string of the molecule is C=CC(COCc1ccccc1)CC(=O)c1ccccc1. The van der Waals surface area contributed by atoms with Crippen LogP contribution in [0.2, 0.25) is 0 Å². The Labute approximate surface area is 126 Å². The Bertz CT molecular complexity index is 561. The minimum Gasteiger partial charge on any atom is -0.376 e. The lowest BCUT2D eigenvalue weighted by Crippen LogP contribution is -2.12. The van der Waals surface area contributed by atoms with Crippen molar-refractivity contribution in [2.24, 2.45) is 5.92 Å². The van der Waals surface area contributed by atoms with Crippen molar-refractivity contribution >= 4 is 5.78 Å². The average Bonchev–Trinajstić information content (AvgIpc) is 2.55. The molecule has 0 aliphatic heterocycles. The van der Waals surface area contributed by atoms with Crippen LogP contribution in [0.4, 0.5) is 0 Å². The summed E-state index contributed by atoms with van der Waals surface area (Å²) in [5.74, 6) is 0.172. The van der Waals surface area contributed by atoms with Gasteiger partial charge in [0.15, 0.2) is 5.78 Å². The maximum atomic E-state index is 12.1. The van der Waals surface area contributed by atoms with Gasteiger partial charge in [0, 0.05) is 17.9 Å². The van der Waals surface area contributed by atoms with E-state index < -0.39 is 0 Å². The number of hydrogen-bond donors (Lipinski definition) is 0. The quantitative estimate of drug-likeness (QED) is 0.533. The summed E-state index contributed by atoms with van der Waals surface area (Å²) in [5.41, 5.74) is 1.88. The second kappa shape index (κ2) is 8.18. The van der Waals surface area contributed by atoms with Crippen LogP contribution in [0.25, 0.3) is 0 Å². The Morgan fingerprint density at radius 2 is 1.67 bits per heavy atom. The molecular formula is C19H20O2. The highest BCUT2D eigenvalue weighted by atomic mass is 16.5. The number of hydrogen-bond acceptors (Lipinski definition) is 2.